The van der Waals surface area contributed by atoms with Gasteiger partial charge in [0, 0.05) is 6.04 Å². The van der Waals surface area contributed by atoms with Crippen LogP contribution in [0.4, 0.5) is 13.2 Å². The summed E-state index contributed by atoms with van der Waals surface area (Å²) < 4.78 is 37.4. The lowest BCUT2D eigenvalue weighted by Crippen LogP contribution is -2.25. The van der Waals surface area contributed by atoms with Gasteiger partial charge in [-0.25, -0.2) is 0 Å². The molecular weight excluding hydrogens is 251 g/mol. The number of hydrogen-bond donors (Lipinski definition) is 1. The van der Waals surface area contributed by atoms with Crippen LogP contribution in [-0.4, -0.2) is 12.6 Å². The normalized spacial score (nSPS) is 23.8. The molecule has 0 bridgehead atoms. The summed E-state index contributed by atoms with van der Waals surface area (Å²) in [5, 5.41) is 3.44. The molecule has 1 fully saturated rings. The van der Waals surface area contributed by atoms with E-state index in [0.717, 1.165) is 24.9 Å². The zero-order valence-electron chi connectivity index (χ0n) is 11.1. The van der Waals surface area contributed by atoms with E-state index in [9.17, 15) is 13.2 Å². The highest BCUT2D eigenvalue weighted by atomic mass is 19.4. The molecule has 1 saturated carbocycles. The number of nitrogens with one attached hydrogen (secondary N) is 1. The smallest absolute Gasteiger partial charge is 0.314 e. The van der Waals surface area contributed by atoms with Crippen molar-refractivity contribution >= 4 is 0 Å². The van der Waals surface area contributed by atoms with Crippen molar-refractivity contribution in [1.29, 1.82) is 0 Å². The Morgan fingerprint density at radius 1 is 1.16 bits per heavy atom. The number of benzene rings is 1. The van der Waals surface area contributed by atoms with Gasteiger partial charge in [-0.05, 0) is 55.8 Å². The fraction of sp³-hybridized carbons (Fsp3) is 0.600. The van der Waals surface area contributed by atoms with Crippen LogP contribution in [0.5, 0.6) is 0 Å². The van der Waals surface area contributed by atoms with Crippen molar-refractivity contribution in [2.75, 3.05) is 6.54 Å². The van der Waals surface area contributed by atoms with Crippen molar-refractivity contribution in [3.8, 4) is 0 Å². The Bertz CT molecular complexity index is 397. The molecule has 106 valence electrons. The predicted octanol–water partition coefficient (Wildman–Crippen LogP) is 4.03. The van der Waals surface area contributed by atoms with Crippen LogP contribution in [0.25, 0.3) is 0 Å². The van der Waals surface area contributed by atoms with Gasteiger partial charge in [0.25, 0.3) is 0 Å². The summed E-state index contributed by atoms with van der Waals surface area (Å²) in [5.41, 5.74) is 0.448. The maximum Gasteiger partial charge on any atom is 0.416 e. The average molecular weight is 271 g/mol. The fourth-order valence-corrected chi connectivity index (χ4v) is 2.90. The minimum absolute atomic E-state index is 0.562. The highest BCUT2D eigenvalue weighted by Gasteiger charge is 2.30. The number of alkyl halides is 3. The van der Waals surface area contributed by atoms with Crippen molar-refractivity contribution < 1.29 is 13.2 Å². The summed E-state index contributed by atoms with van der Waals surface area (Å²) >= 11 is 0. The first kappa shape index (κ1) is 14.4. The van der Waals surface area contributed by atoms with Gasteiger partial charge in [-0.2, -0.15) is 13.2 Å². The monoisotopic (exact) mass is 271 g/mol. The molecule has 0 radical (unpaired) electrons. The lowest BCUT2D eigenvalue weighted by atomic mass is 9.97. The second-order valence-corrected chi connectivity index (χ2v) is 5.33. The highest BCUT2D eigenvalue weighted by molar-refractivity contribution is 5.25. The molecule has 1 aliphatic carbocycles. The van der Waals surface area contributed by atoms with Crippen LogP contribution < -0.4 is 5.32 Å². The molecule has 1 N–H and O–H groups in total. The van der Waals surface area contributed by atoms with E-state index in [-0.39, 0.29) is 0 Å². The third-order valence-electron chi connectivity index (χ3n) is 3.84. The quantitative estimate of drug-likeness (QED) is 0.872. The molecule has 4 heteroatoms. The van der Waals surface area contributed by atoms with Gasteiger partial charge in [0.05, 0.1) is 5.56 Å². The molecule has 2 atom stereocenters. The van der Waals surface area contributed by atoms with Crippen molar-refractivity contribution in [2.24, 2.45) is 5.92 Å². The summed E-state index contributed by atoms with van der Waals surface area (Å²) in [6.07, 6.45) is 0.134. The molecule has 0 saturated heterocycles. The van der Waals surface area contributed by atoms with Gasteiger partial charge < -0.3 is 5.32 Å². The van der Waals surface area contributed by atoms with E-state index in [1.165, 1.54) is 25.0 Å². The van der Waals surface area contributed by atoms with Crippen LogP contribution in [-0.2, 0) is 12.6 Å². The summed E-state index contributed by atoms with van der Waals surface area (Å²) in [6, 6.07) is 6.19. The SMILES string of the molecule is CCNC1CCC(Cc2ccc(C(F)(F)F)cc2)C1. The Balaban J connectivity index is 1.90. The molecule has 0 aliphatic heterocycles. The minimum Gasteiger partial charge on any atom is -0.314 e. The molecule has 1 nitrogen and oxygen atoms in total. The molecule has 0 aromatic heterocycles. The molecule has 19 heavy (non-hydrogen) atoms. The Morgan fingerprint density at radius 2 is 1.84 bits per heavy atom. The zero-order chi connectivity index (χ0) is 13.9. The Labute approximate surface area is 112 Å². The number of hydrogen-bond acceptors (Lipinski definition) is 1. The largest absolute Gasteiger partial charge is 0.416 e. The van der Waals surface area contributed by atoms with Gasteiger partial charge in [-0.15, -0.1) is 0 Å². The fourth-order valence-electron chi connectivity index (χ4n) is 2.90. The lowest BCUT2D eigenvalue weighted by Gasteiger charge is -2.13. The van der Waals surface area contributed by atoms with E-state index in [1.54, 1.807) is 12.1 Å². The first-order chi connectivity index (χ1) is 8.99. The average Bonchev–Trinajstić information content (AvgIpc) is 2.77. The van der Waals surface area contributed by atoms with E-state index in [4.69, 9.17) is 0 Å². The summed E-state index contributed by atoms with van der Waals surface area (Å²) in [6.45, 7) is 3.08. The molecule has 1 aliphatic rings. The van der Waals surface area contributed by atoms with Crippen molar-refractivity contribution in [2.45, 2.75) is 44.8 Å². The van der Waals surface area contributed by atoms with E-state index in [0.29, 0.717) is 12.0 Å². The van der Waals surface area contributed by atoms with Gasteiger partial charge in [0.2, 0.25) is 0 Å². The van der Waals surface area contributed by atoms with Crippen molar-refractivity contribution in [3.05, 3.63) is 35.4 Å². The second kappa shape index (κ2) is 5.95. The van der Waals surface area contributed by atoms with E-state index in [2.05, 4.69) is 12.2 Å². The lowest BCUT2D eigenvalue weighted by molar-refractivity contribution is -0.137. The van der Waals surface area contributed by atoms with Crippen LogP contribution in [0.3, 0.4) is 0 Å². The molecule has 2 unspecified atom stereocenters. The third kappa shape index (κ3) is 3.96. The van der Waals surface area contributed by atoms with Crippen LogP contribution >= 0.6 is 0 Å². The maximum atomic E-state index is 12.5. The van der Waals surface area contributed by atoms with Crippen LogP contribution in [0.15, 0.2) is 24.3 Å². The molecule has 0 heterocycles. The summed E-state index contributed by atoms with van der Waals surface area (Å²) in [5.74, 6) is 0.598. The van der Waals surface area contributed by atoms with Crippen molar-refractivity contribution in [3.63, 3.8) is 0 Å². The van der Waals surface area contributed by atoms with Crippen LogP contribution in [0.2, 0.25) is 0 Å². The zero-order valence-corrected chi connectivity index (χ0v) is 11.1. The van der Waals surface area contributed by atoms with Gasteiger partial charge in [0.1, 0.15) is 0 Å². The second-order valence-electron chi connectivity index (χ2n) is 5.33. The number of rotatable bonds is 4. The Hall–Kier alpha value is -1.03. The molecule has 2 rings (SSSR count). The first-order valence-electron chi connectivity index (χ1n) is 6.88. The predicted molar refractivity (Wildman–Crippen MR) is 70.0 cm³/mol. The molecule has 0 amide bonds. The standard InChI is InChI=1S/C15H20F3N/c1-2-19-14-8-5-12(10-14)9-11-3-6-13(7-4-11)15(16,17)18/h3-4,6-7,12,14,19H,2,5,8-10H2,1H3. The first-order valence-corrected chi connectivity index (χ1v) is 6.88. The van der Waals surface area contributed by atoms with E-state index in [1.807, 2.05) is 0 Å². The topological polar surface area (TPSA) is 12.0 Å². The van der Waals surface area contributed by atoms with Gasteiger partial charge in [-0.3, -0.25) is 0 Å². The van der Waals surface area contributed by atoms with Gasteiger partial charge >= 0.3 is 6.18 Å². The van der Waals surface area contributed by atoms with Gasteiger partial charge in [-0.1, -0.05) is 19.1 Å². The summed E-state index contributed by atoms with van der Waals surface area (Å²) in [4.78, 5) is 0. The van der Waals surface area contributed by atoms with Gasteiger partial charge in [0.15, 0.2) is 0 Å². The maximum absolute atomic E-state index is 12.5. The van der Waals surface area contributed by atoms with E-state index >= 15 is 0 Å². The van der Waals surface area contributed by atoms with Crippen LogP contribution in [0.1, 0.15) is 37.3 Å². The van der Waals surface area contributed by atoms with E-state index < -0.39 is 11.7 Å². The van der Waals surface area contributed by atoms with Crippen molar-refractivity contribution in [1.82, 2.24) is 5.32 Å². The molecule has 1 aromatic carbocycles. The third-order valence-corrected chi connectivity index (χ3v) is 3.84. The minimum atomic E-state index is -4.23. The Morgan fingerprint density at radius 3 is 2.42 bits per heavy atom. The summed E-state index contributed by atoms with van der Waals surface area (Å²) in [7, 11) is 0. The molecular formula is C15H20F3N. The number of halogens is 3. The highest BCUT2D eigenvalue weighted by Crippen LogP contribution is 2.31. The Kier molecular flexibility index (Phi) is 4.50. The molecule has 1 aromatic rings. The molecule has 0 spiro atoms. The van der Waals surface area contributed by atoms with Crippen LogP contribution in [0, 0.1) is 5.92 Å².